The number of rotatable bonds is 5. The molecule has 40 heavy (non-hydrogen) atoms. The van der Waals surface area contributed by atoms with Crippen LogP contribution in [-0.2, 0) is 0 Å². The van der Waals surface area contributed by atoms with Gasteiger partial charge in [0.1, 0.15) is 11.5 Å². The van der Waals surface area contributed by atoms with E-state index in [1.165, 1.54) is 26.4 Å². The third-order valence-electron chi connectivity index (χ3n) is 4.95. The first kappa shape index (κ1) is 34.5. The predicted octanol–water partition coefficient (Wildman–Crippen LogP) is 8.70. The summed E-state index contributed by atoms with van der Waals surface area (Å²) in [6.07, 6.45) is 0. The second-order valence-electron chi connectivity index (χ2n) is 7.84. The van der Waals surface area contributed by atoms with Crippen LogP contribution < -0.4 is 18.9 Å². The Balaban J connectivity index is 0.000000267. The van der Waals surface area contributed by atoms with Crippen LogP contribution in [0, 0.1) is 33.3 Å². The minimum Gasteiger partial charge on any atom is -0.496 e. The Morgan fingerprint density at radius 1 is 0.700 bits per heavy atom. The monoisotopic (exact) mass is 683 g/mol. The van der Waals surface area contributed by atoms with Crippen LogP contribution in [-0.4, -0.2) is 33.4 Å². The number of nitrogens with zero attached hydrogens (tertiary/aromatic N) is 1. The van der Waals surface area contributed by atoms with E-state index >= 15 is 0 Å². The van der Waals surface area contributed by atoms with Crippen LogP contribution >= 0.6 is 34.2 Å². The van der Waals surface area contributed by atoms with E-state index in [1.807, 2.05) is 62.4 Å². The van der Waals surface area contributed by atoms with E-state index < -0.39 is 4.92 Å². The van der Waals surface area contributed by atoms with Crippen LogP contribution in [0.5, 0.6) is 23.0 Å². The molecule has 7 nitrogen and oxygen atoms in total. The van der Waals surface area contributed by atoms with Gasteiger partial charge in [-0.2, -0.15) is 0 Å². The van der Waals surface area contributed by atoms with E-state index in [1.54, 1.807) is 38.5 Å². The first-order valence-corrected chi connectivity index (χ1v) is 13.2. The van der Waals surface area contributed by atoms with Crippen LogP contribution in [0.4, 0.5) is 10.1 Å². The summed E-state index contributed by atoms with van der Waals surface area (Å²) in [4.78, 5) is 9.83. The highest BCUT2D eigenvalue weighted by Gasteiger charge is 2.11. The molecule has 0 bridgehead atoms. The minimum atomic E-state index is -0.473. The molecule has 10 heteroatoms. The Morgan fingerprint density at radius 2 is 1.18 bits per heavy atom. The van der Waals surface area contributed by atoms with E-state index in [0.29, 0.717) is 10.8 Å². The first-order valence-electron chi connectivity index (χ1n) is 11.7. The van der Waals surface area contributed by atoms with Gasteiger partial charge in [-0.05, 0) is 90.0 Å². The number of halogens is 3. The van der Waals surface area contributed by atoms with Crippen LogP contribution in [0.3, 0.4) is 0 Å². The Kier molecular flexibility index (Phi) is 16.1. The summed E-state index contributed by atoms with van der Waals surface area (Å²) in [6, 6.07) is 24.7. The van der Waals surface area contributed by atoms with Gasteiger partial charge in [0.05, 0.1) is 42.0 Å². The van der Waals surface area contributed by atoms with E-state index in [-0.39, 0.29) is 17.3 Å². The Bertz CT molecular complexity index is 1300. The molecule has 0 spiro atoms. The maximum absolute atomic E-state index is 12.7. The summed E-state index contributed by atoms with van der Waals surface area (Å²) in [6.45, 7) is 3.83. The molecule has 0 aliphatic heterocycles. The van der Waals surface area contributed by atoms with Gasteiger partial charge in [-0.1, -0.05) is 48.0 Å². The fourth-order valence-corrected chi connectivity index (χ4v) is 3.85. The van der Waals surface area contributed by atoms with Crippen molar-refractivity contribution >= 4 is 39.9 Å². The van der Waals surface area contributed by atoms with Gasteiger partial charge >= 0.3 is 5.69 Å². The van der Waals surface area contributed by atoms with Crippen molar-refractivity contribution in [3.8, 4) is 23.0 Å². The third-order valence-corrected chi connectivity index (χ3v) is 6.14. The zero-order chi connectivity index (χ0) is 30.1. The van der Waals surface area contributed by atoms with Crippen LogP contribution in [0.1, 0.15) is 11.1 Å². The molecule has 0 saturated carbocycles. The standard InChI is InChI=1S/C8H9ClO.C8H9FO.C7H7IO.C7H7NO3/c2*1-6-3-4-8(10-2)7(9)5-6;1-9-7-5-3-2-4-6(7)8;1-11-7-5-3-2-4-6(7)8(9)10/h2*3-5H,1-2H3;2-5H,1H3;2-5H,1H3. The molecule has 0 atom stereocenters. The summed E-state index contributed by atoms with van der Waals surface area (Å²) in [5, 5.41) is 11.0. The molecule has 0 heterocycles. The maximum Gasteiger partial charge on any atom is 0.310 e. The lowest BCUT2D eigenvalue weighted by molar-refractivity contribution is -0.385. The molecule has 0 N–H and O–H groups in total. The number of nitro benzene ring substituents is 1. The van der Waals surface area contributed by atoms with Gasteiger partial charge in [-0.25, -0.2) is 4.39 Å². The summed E-state index contributed by atoms with van der Waals surface area (Å²) in [5.41, 5.74) is 2.04. The molecule has 0 aliphatic carbocycles. The molecule has 0 saturated heterocycles. The van der Waals surface area contributed by atoms with Crippen molar-refractivity contribution in [3.63, 3.8) is 0 Å². The molecule has 4 rings (SSSR count). The molecule has 0 unspecified atom stereocenters. The van der Waals surface area contributed by atoms with E-state index in [4.69, 9.17) is 30.5 Å². The quantitative estimate of drug-likeness (QED) is 0.119. The van der Waals surface area contributed by atoms with Gasteiger partial charge in [0.2, 0.25) is 0 Å². The molecule has 0 fully saturated rings. The highest BCUT2D eigenvalue weighted by molar-refractivity contribution is 14.1. The number of nitro groups is 1. The van der Waals surface area contributed by atoms with Crippen molar-refractivity contribution in [2.75, 3.05) is 28.4 Å². The Labute approximate surface area is 253 Å². The second-order valence-corrected chi connectivity index (χ2v) is 9.41. The van der Waals surface area contributed by atoms with Crippen molar-refractivity contribution in [3.05, 3.63) is 121 Å². The molecule has 4 aromatic rings. The molecule has 4 aromatic carbocycles. The topological polar surface area (TPSA) is 80.1 Å². The van der Waals surface area contributed by atoms with Gasteiger partial charge in [0.25, 0.3) is 0 Å². The largest absolute Gasteiger partial charge is 0.496 e. The number of ether oxygens (including phenoxy) is 4. The highest BCUT2D eigenvalue weighted by atomic mass is 127. The SMILES string of the molecule is COc1ccc(C)cc1Cl.COc1ccc(C)cc1F.COc1ccccc1I.COc1ccccc1[N+](=O)[O-]. The zero-order valence-electron chi connectivity index (χ0n) is 23.1. The summed E-state index contributed by atoms with van der Waals surface area (Å²) in [7, 11) is 6.14. The van der Waals surface area contributed by atoms with Crippen molar-refractivity contribution in [1.29, 1.82) is 0 Å². The number of methoxy groups -OCH3 is 4. The molecule has 0 amide bonds. The van der Waals surface area contributed by atoms with Gasteiger partial charge in [0.15, 0.2) is 17.3 Å². The third kappa shape index (κ3) is 12.1. The number of para-hydroxylation sites is 3. The smallest absolute Gasteiger partial charge is 0.310 e. The lowest BCUT2D eigenvalue weighted by Gasteiger charge is -2.01. The van der Waals surface area contributed by atoms with Gasteiger partial charge in [0, 0.05) is 6.07 Å². The summed E-state index contributed by atoms with van der Waals surface area (Å²) < 4.78 is 33.4. The lowest BCUT2D eigenvalue weighted by Crippen LogP contribution is -1.92. The first-order chi connectivity index (χ1) is 19.1. The van der Waals surface area contributed by atoms with E-state index in [9.17, 15) is 14.5 Å². The maximum atomic E-state index is 12.7. The van der Waals surface area contributed by atoms with Crippen molar-refractivity contribution in [1.82, 2.24) is 0 Å². The Hall–Kier alpha value is -3.57. The lowest BCUT2D eigenvalue weighted by atomic mass is 10.2. The minimum absolute atomic E-state index is 0.00463. The van der Waals surface area contributed by atoms with Crippen molar-refractivity contribution in [2.45, 2.75) is 13.8 Å². The van der Waals surface area contributed by atoms with Gasteiger partial charge < -0.3 is 18.9 Å². The average molecular weight is 684 g/mol. The van der Waals surface area contributed by atoms with Gasteiger partial charge in [-0.3, -0.25) is 10.1 Å². The van der Waals surface area contributed by atoms with Crippen LogP contribution in [0.15, 0.2) is 84.9 Å². The number of aryl methyl sites for hydroxylation is 2. The molecule has 0 radical (unpaired) electrons. The zero-order valence-corrected chi connectivity index (χ0v) is 26.0. The van der Waals surface area contributed by atoms with Crippen LogP contribution in [0.25, 0.3) is 0 Å². The number of benzene rings is 4. The number of hydrogen-bond acceptors (Lipinski definition) is 6. The molecule has 214 valence electrons. The van der Waals surface area contributed by atoms with Crippen molar-refractivity contribution in [2.24, 2.45) is 0 Å². The summed E-state index contributed by atoms with van der Waals surface area (Å²) in [5.74, 6) is 1.95. The molecule has 0 aromatic heterocycles. The second kappa shape index (κ2) is 18.7. The highest BCUT2D eigenvalue weighted by Crippen LogP contribution is 2.25. The summed E-state index contributed by atoms with van der Waals surface area (Å²) >= 11 is 8.04. The van der Waals surface area contributed by atoms with Gasteiger partial charge in [-0.15, -0.1) is 0 Å². The Morgan fingerprint density at radius 3 is 1.60 bits per heavy atom. The normalized spacial score (nSPS) is 9.32. The number of hydrogen-bond donors (Lipinski definition) is 0. The fraction of sp³-hybridized carbons (Fsp3) is 0.200. The molecular formula is C30H32ClFINO6. The van der Waals surface area contributed by atoms with Crippen LogP contribution in [0.2, 0.25) is 5.02 Å². The van der Waals surface area contributed by atoms with Crippen molar-refractivity contribution < 1.29 is 28.3 Å². The van der Waals surface area contributed by atoms with E-state index in [2.05, 4.69) is 22.6 Å². The predicted molar refractivity (Wildman–Crippen MR) is 166 cm³/mol. The average Bonchev–Trinajstić information content (AvgIpc) is 2.94. The fourth-order valence-electron chi connectivity index (χ4n) is 2.93. The van der Waals surface area contributed by atoms with E-state index in [0.717, 1.165) is 26.2 Å². The molecular weight excluding hydrogens is 652 g/mol. The molecule has 0 aliphatic rings.